The molecule has 2 aromatic carbocycles. The SMILES string of the molecule is CCOc1cccc(/C=N/NC(=O)COc2cc(C)c(Cl)c(C)c2)c1O. The number of hydrogen-bond donors (Lipinski definition) is 2. The molecule has 0 radical (unpaired) electrons. The van der Waals surface area contributed by atoms with Gasteiger partial charge in [-0.05, 0) is 56.2 Å². The molecule has 2 N–H and O–H groups in total. The summed E-state index contributed by atoms with van der Waals surface area (Å²) in [5.41, 5.74) is 4.54. The van der Waals surface area contributed by atoms with Crippen LogP contribution in [0.2, 0.25) is 5.02 Å². The summed E-state index contributed by atoms with van der Waals surface area (Å²) in [5, 5.41) is 14.6. The fourth-order valence-corrected chi connectivity index (χ4v) is 2.37. The van der Waals surface area contributed by atoms with E-state index in [1.54, 1.807) is 30.3 Å². The summed E-state index contributed by atoms with van der Waals surface area (Å²) in [4.78, 5) is 11.8. The lowest BCUT2D eigenvalue weighted by Gasteiger charge is -2.09. The van der Waals surface area contributed by atoms with E-state index in [9.17, 15) is 9.90 Å². The summed E-state index contributed by atoms with van der Waals surface area (Å²) in [5.74, 6) is 0.466. The third-order valence-electron chi connectivity index (χ3n) is 3.50. The first kappa shape index (κ1) is 19.6. The third-order valence-corrected chi connectivity index (χ3v) is 4.10. The first-order valence-electron chi connectivity index (χ1n) is 8.08. The maximum atomic E-state index is 11.8. The Bertz CT molecular complexity index is 798. The lowest BCUT2D eigenvalue weighted by Crippen LogP contribution is -2.24. The predicted molar refractivity (Wildman–Crippen MR) is 101 cm³/mol. The second-order valence-electron chi connectivity index (χ2n) is 5.58. The molecule has 0 aliphatic rings. The Kier molecular flexibility index (Phi) is 6.86. The molecular formula is C19H21ClN2O4. The van der Waals surface area contributed by atoms with E-state index < -0.39 is 5.91 Å². The molecule has 0 aromatic heterocycles. The molecular weight excluding hydrogens is 356 g/mol. The Morgan fingerprint density at radius 3 is 2.62 bits per heavy atom. The van der Waals surface area contributed by atoms with Crippen molar-refractivity contribution in [3.63, 3.8) is 0 Å². The van der Waals surface area contributed by atoms with E-state index in [1.807, 2.05) is 20.8 Å². The van der Waals surface area contributed by atoms with Gasteiger partial charge in [0.15, 0.2) is 18.1 Å². The van der Waals surface area contributed by atoms with Crippen molar-refractivity contribution in [2.75, 3.05) is 13.2 Å². The maximum Gasteiger partial charge on any atom is 0.277 e. The van der Waals surface area contributed by atoms with Crippen LogP contribution in [0.3, 0.4) is 0 Å². The number of phenolic OH excluding ortho intramolecular Hbond substituents is 1. The van der Waals surface area contributed by atoms with Crippen molar-refractivity contribution in [1.29, 1.82) is 0 Å². The first-order chi connectivity index (χ1) is 12.4. The summed E-state index contributed by atoms with van der Waals surface area (Å²) in [6.45, 7) is 5.81. The van der Waals surface area contributed by atoms with Crippen LogP contribution in [-0.2, 0) is 4.79 Å². The quantitative estimate of drug-likeness (QED) is 0.571. The van der Waals surface area contributed by atoms with Crippen molar-refractivity contribution in [2.45, 2.75) is 20.8 Å². The number of carbonyl (C=O) groups excluding carboxylic acids is 1. The van der Waals surface area contributed by atoms with Crippen molar-refractivity contribution >= 4 is 23.7 Å². The van der Waals surface area contributed by atoms with Gasteiger partial charge in [-0.1, -0.05) is 17.7 Å². The Labute approximate surface area is 157 Å². The molecule has 138 valence electrons. The van der Waals surface area contributed by atoms with Gasteiger partial charge in [0.1, 0.15) is 5.75 Å². The van der Waals surface area contributed by atoms with E-state index in [2.05, 4.69) is 10.5 Å². The summed E-state index contributed by atoms with van der Waals surface area (Å²) in [6.07, 6.45) is 1.34. The number of phenols is 1. The van der Waals surface area contributed by atoms with Crippen molar-refractivity contribution in [3.8, 4) is 17.2 Å². The zero-order chi connectivity index (χ0) is 19.1. The number of benzene rings is 2. The number of hydrazone groups is 1. The van der Waals surface area contributed by atoms with Gasteiger partial charge in [-0.2, -0.15) is 5.10 Å². The van der Waals surface area contributed by atoms with Crippen LogP contribution >= 0.6 is 11.6 Å². The van der Waals surface area contributed by atoms with Crippen LogP contribution in [0.25, 0.3) is 0 Å². The minimum absolute atomic E-state index is 0.0317. The van der Waals surface area contributed by atoms with Crippen molar-refractivity contribution in [2.24, 2.45) is 5.10 Å². The van der Waals surface area contributed by atoms with Crippen LogP contribution < -0.4 is 14.9 Å². The summed E-state index contributed by atoms with van der Waals surface area (Å²) in [6, 6.07) is 8.57. The average molecular weight is 377 g/mol. The predicted octanol–water partition coefficient (Wildman–Crippen LogP) is 3.59. The van der Waals surface area contributed by atoms with Crippen LogP contribution in [-0.4, -0.2) is 30.4 Å². The monoisotopic (exact) mass is 376 g/mol. The molecule has 0 bridgehead atoms. The van der Waals surface area contributed by atoms with E-state index in [0.29, 0.717) is 28.7 Å². The summed E-state index contributed by atoms with van der Waals surface area (Å²) in [7, 11) is 0. The fourth-order valence-electron chi connectivity index (χ4n) is 2.26. The average Bonchev–Trinajstić information content (AvgIpc) is 2.61. The number of amides is 1. The standard InChI is InChI=1S/C19H21ClN2O4/c1-4-25-16-7-5-6-14(19(16)24)10-21-22-17(23)11-26-15-8-12(2)18(20)13(3)9-15/h5-10,24H,4,11H2,1-3H3,(H,22,23)/b21-10+. The van der Waals surface area contributed by atoms with Gasteiger partial charge in [-0.15, -0.1) is 0 Å². The van der Waals surface area contributed by atoms with Gasteiger partial charge in [-0.3, -0.25) is 4.79 Å². The second-order valence-corrected chi connectivity index (χ2v) is 5.96. The Morgan fingerprint density at radius 2 is 1.96 bits per heavy atom. The highest BCUT2D eigenvalue weighted by molar-refractivity contribution is 6.32. The highest BCUT2D eigenvalue weighted by atomic mass is 35.5. The van der Waals surface area contributed by atoms with E-state index in [-0.39, 0.29) is 12.4 Å². The van der Waals surface area contributed by atoms with Crippen molar-refractivity contribution in [3.05, 3.63) is 52.0 Å². The highest BCUT2D eigenvalue weighted by Gasteiger charge is 2.07. The molecule has 0 unspecified atom stereocenters. The van der Waals surface area contributed by atoms with Gasteiger partial charge in [-0.25, -0.2) is 5.43 Å². The molecule has 0 aliphatic carbocycles. The highest BCUT2D eigenvalue weighted by Crippen LogP contribution is 2.28. The van der Waals surface area contributed by atoms with Gasteiger partial charge >= 0.3 is 0 Å². The van der Waals surface area contributed by atoms with Crippen molar-refractivity contribution < 1.29 is 19.4 Å². The first-order valence-corrected chi connectivity index (χ1v) is 8.46. The lowest BCUT2D eigenvalue weighted by molar-refractivity contribution is -0.123. The largest absolute Gasteiger partial charge is 0.504 e. The van der Waals surface area contributed by atoms with E-state index in [1.165, 1.54) is 6.21 Å². The lowest BCUT2D eigenvalue weighted by atomic mass is 10.1. The van der Waals surface area contributed by atoms with Gasteiger partial charge in [0.05, 0.1) is 12.8 Å². The molecule has 0 fully saturated rings. The zero-order valence-corrected chi connectivity index (χ0v) is 15.6. The molecule has 2 aromatic rings. The van der Waals surface area contributed by atoms with Crippen LogP contribution in [0.5, 0.6) is 17.2 Å². The number of ether oxygens (including phenoxy) is 2. The topological polar surface area (TPSA) is 80.2 Å². The van der Waals surface area contributed by atoms with Crippen LogP contribution in [0.15, 0.2) is 35.4 Å². The number of nitrogens with one attached hydrogen (secondary N) is 1. The van der Waals surface area contributed by atoms with E-state index in [0.717, 1.165) is 11.1 Å². The number of halogens is 1. The minimum Gasteiger partial charge on any atom is -0.504 e. The van der Waals surface area contributed by atoms with Gasteiger partial charge in [0.25, 0.3) is 5.91 Å². The minimum atomic E-state index is -0.424. The number of hydrogen-bond acceptors (Lipinski definition) is 5. The molecule has 0 saturated heterocycles. The zero-order valence-electron chi connectivity index (χ0n) is 14.9. The van der Waals surface area contributed by atoms with Crippen LogP contribution in [0.1, 0.15) is 23.6 Å². The van der Waals surface area contributed by atoms with E-state index in [4.69, 9.17) is 21.1 Å². The molecule has 6 nitrogen and oxygen atoms in total. The molecule has 0 saturated carbocycles. The van der Waals surface area contributed by atoms with Gasteiger partial charge in [0.2, 0.25) is 0 Å². The molecule has 2 rings (SSSR count). The Hall–Kier alpha value is -2.73. The van der Waals surface area contributed by atoms with E-state index >= 15 is 0 Å². The molecule has 1 amide bonds. The molecule has 0 atom stereocenters. The molecule has 0 heterocycles. The number of nitrogens with zero attached hydrogens (tertiary/aromatic N) is 1. The maximum absolute atomic E-state index is 11.8. The second kappa shape index (κ2) is 9.10. The Balaban J connectivity index is 1.91. The normalized spacial score (nSPS) is 10.8. The summed E-state index contributed by atoms with van der Waals surface area (Å²) >= 11 is 6.10. The van der Waals surface area contributed by atoms with Crippen LogP contribution in [0.4, 0.5) is 0 Å². The van der Waals surface area contributed by atoms with Crippen molar-refractivity contribution in [1.82, 2.24) is 5.43 Å². The van der Waals surface area contributed by atoms with Gasteiger partial charge in [0, 0.05) is 10.6 Å². The van der Waals surface area contributed by atoms with Crippen LogP contribution in [0, 0.1) is 13.8 Å². The number of aryl methyl sites for hydroxylation is 2. The summed E-state index contributed by atoms with van der Waals surface area (Å²) < 4.78 is 10.7. The van der Waals surface area contributed by atoms with Gasteiger partial charge < -0.3 is 14.6 Å². The molecule has 7 heteroatoms. The number of carbonyl (C=O) groups is 1. The third kappa shape index (κ3) is 5.13. The fraction of sp³-hybridized carbons (Fsp3) is 0.263. The molecule has 0 aliphatic heterocycles. The number of rotatable bonds is 7. The number of aromatic hydroxyl groups is 1. The smallest absolute Gasteiger partial charge is 0.277 e. The molecule has 0 spiro atoms. The Morgan fingerprint density at radius 1 is 1.27 bits per heavy atom. The number of para-hydroxylation sites is 1. The molecule has 26 heavy (non-hydrogen) atoms.